The first kappa shape index (κ1) is 17.6. The zero-order valence-electron chi connectivity index (χ0n) is 14.5. The smallest absolute Gasteiger partial charge is 0.255 e. The lowest BCUT2D eigenvalue weighted by Gasteiger charge is -2.20. The number of carbonyl (C=O) groups excluding carboxylic acids is 1. The van der Waals surface area contributed by atoms with Gasteiger partial charge in [-0.2, -0.15) is 0 Å². The summed E-state index contributed by atoms with van der Waals surface area (Å²) in [6.07, 6.45) is 0.936. The van der Waals surface area contributed by atoms with Crippen molar-refractivity contribution in [2.24, 2.45) is 5.41 Å². The van der Waals surface area contributed by atoms with Crippen molar-refractivity contribution in [3.05, 3.63) is 63.7 Å². The Kier molecular flexibility index (Phi) is 5.16. The van der Waals surface area contributed by atoms with Gasteiger partial charge < -0.3 is 5.32 Å². The fourth-order valence-corrected chi connectivity index (χ4v) is 2.67. The summed E-state index contributed by atoms with van der Waals surface area (Å²) in [4.78, 5) is 12.5. The molecule has 0 aliphatic heterocycles. The summed E-state index contributed by atoms with van der Waals surface area (Å²) in [5.41, 5.74) is 4.97. The Balaban J connectivity index is 2.26. The van der Waals surface area contributed by atoms with Crippen LogP contribution in [-0.2, 0) is 6.42 Å². The molecule has 0 aliphatic carbocycles. The third-order valence-corrected chi connectivity index (χ3v) is 4.03. The van der Waals surface area contributed by atoms with E-state index in [1.54, 1.807) is 6.07 Å². The third kappa shape index (κ3) is 4.84. The van der Waals surface area contributed by atoms with Crippen LogP contribution in [0.25, 0.3) is 0 Å². The maximum atomic E-state index is 12.5. The Morgan fingerprint density at radius 1 is 1.09 bits per heavy atom. The van der Waals surface area contributed by atoms with Crippen molar-refractivity contribution in [3.63, 3.8) is 0 Å². The van der Waals surface area contributed by atoms with Gasteiger partial charge in [0.1, 0.15) is 0 Å². The van der Waals surface area contributed by atoms with E-state index in [4.69, 9.17) is 11.6 Å². The van der Waals surface area contributed by atoms with Crippen LogP contribution in [0.15, 0.2) is 36.4 Å². The second kappa shape index (κ2) is 6.76. The van der Waals surface area contributed by atoms with Crippen LogP contribution >= 0.6 is 11.6 Å². The SMILES string of the molecule is Cc1ccc(Cl)c(NC(=O)c2ccc(C)c(CC(C)(C)C)c2)c1. The second-order valence-electron chi connectivity index (χ2n) is 7.32. The van der Waals surface area contributed by atoms with E-state index in [9.17, 15) is 4.79 Å². The number of nitrogens with one attached hydrogen (secondary N) is 1. The van der Waals surface area contributed by atoms with Crippen molar-refractivity contribution in [2.45, 2.75) is 41.0 Å². The van der Waals surface area contributed by atoms with Crippen LogP contribution < -0.4 is 5.32 Å². The molecule has 0 aliphatic rings. The van der Waals surface area contributed by atoms with Gasteiger partial charge >= 0.3 is 0 Å². The molecule has 0 saturated carbocycles. The lowest BCUT2D eigenvalue weighted by atomic mass is 9.86. The molecular weight excluding hydrogens is 306 g/mol. The van der Waals surface area contributed by atoms with Gasteiger partial charge in [0.05, 0.1) is 10.7 Å². The molecule has 122 valence electrons. The quantitative estimate of drug-likeness (QED) is 0.757. The first-order valence-corrected chi connectivity index (χ1v) is 8.20. The number of carbonyl (C=O) groups is 1. The maximum absolute atomic E-state index is 12.5. The van der Waals surface area contributed by atoms with Crippen LogP contribution in [0.5, 0.6) is 0 Å². The molecule has 1 N–H and O–H groups in total. The monoisotopic (exact) mass is 329 g/mol. The molecule has 23 heavy (non-hydrogen) atoms. The Labute approximate surface area is 143 Å². The first-order chi connectivity index (χ1) is 10.7. The Hall–Kier alpha value is -1.80. The fraction of sp³-hybridized carbons (Fsp3) is 0.350. The molecule has 0 atom stereocenters. The summed E-state index contributed by atoms with van der Waals surface area (Å²) in [5.74, 6) is -0.132. The predicted octanol–water partition coefficient (Wildman–Crippen LogP) is 5.80. The predicted molar refractivity (Wildman–Crippen MR) is 98.5 cm³/mol. The van der Waals surface area contributed by atoms with Gasteiger partial charge in [-0.15, -0.1) is 0 Å². The van der Waals surface area contributed by atoms with Crippen LogP contribution in [0, 0.1) is 19.3 Å². The number of amides is 1. The Bertz CT molecular complexity index is 729. The van der Waals surface area contributed by atoms with E-state index >= 15 is 0 Å². The Morgan fingerprint density at radius 2 is 1.78 bits per heavy atom. The van der Waals surface area contributed by atoms with Crippen molar-refractivity contribution in [1.29, 1.82) is 0 Å². The molecule has 0 spiro atoms. The first-order valence-electron chi connectivity index (χ1n) is 7.83. The van der Waals surface area contributed by atoms with Crippen LogP contribution in [-0.4, -0.2) is 5.91 Å². The maximum Gasteiger partial charge on any atom is 0.255 e. The molecule has 0 bridgehead atoms. The zero-order chi connectivity index (χ0) is 17.2. The highest BCUT2D eigenvalue weighted by molar-refractivity contribution is 6.34. The molecule has 0 fully saturated rings. The molecule has 0 aromatic heterocycles. The van der Waals surface area contributed by atoms with Gasteiger partial charge in [-0.3, -0.25) is 4.79 Å². The van der Waals surface area contributed by atoms with Crippen LogP contribution in [0.4, 0.5) is 5.69 Å². The highest BCUT2D eigenvalue weighted by Gasteiger charge is 2.15. The molecule has 2 nitrogen and oxygen atoms in total. The molecule has 2 rings (SSSR count). The van der Waals surface area contributed by atoms with Crippen LogP contribution in [0.1, 0.15) is 47.8 Å². The minimum atomic E-state index is -0.132. The fourth-order valence-electron chi connectivity index (χ4n) is 2.50. The average Bonchev–Trinajstić information content (AvgIpc) is 2.43. The zero-order valence-corrected chi connectivity index (χ0v) is 15.2. The van der Waals surface area contributed by atoms with E-state index in [0.29, 0.717) is 16.3 Å². The molecule has 3 heteroatoms. The Morgan fingerprint density at radius 3 is 2.43 bits per heavy atom. The number of rotatable bonds is 3. The van der Waals surface area contributed by atoms with Crippen LogP contribution in [0.2, 0.25) is 5.02 Å². The van der Waals surface area contributed by atoms with Gasteiger partial charge in [0, 0.05) is 5.56 Å². The molecule has 0 radical (unpaired) electrons. The summed E-state index contributed by atoms with van der Waals surface area (Å²) >= 11 is 6.16. The van der Waals surface area contributed by atoms with E-state index in [0.717, 1.165) is 12.0 Å². The minimum Gasteiger partial charge on any atom is -0.321 e. The van der Waals surface area contributed by atoms with Crippen molar-refractivity contribution in [1.82, 2.24) is 0 Å². The van der Waals surface area contributed by atoms with Gasteiger partial charge in [-0.05, 0) is 66.6 Å². The van der Waals surface area contributed by atoms with Gasteiger partial charge in [0.2, 0.25) is 0 Å². The second-order valence-corrected chi connectivity index (χ2v) is 7.72. The van der Waals surface area contributed by atoms with Crippen molar-refractivity contribution >= 4 is 23.2 Å². The number of aryl methyl sites for hydroxylation is 2. The topological polar surface area (TPSA) is 29.1 Å². The van der Waals surface area contributed by atoms with E-state index in [2.05, 4.69) is 33.0 Å². The number of halogens is 1. The van der Waals surface area contributed by atoms with E-state index in [1.165, 1.54) is 11.1 Å². The molecule has 1 amide bonds. The minimum absolute atomic E-state index is 0.132. The van der Waals surface area contributed by atoms with Crippen molar-refractivity contribution < 1.29 is 4.79 Å². The van der Waals surface area contributed by atoms with Crippen molar-refractivity contribution in [3.8, 4) is 0 Å². The normalized spacial score (nSPS) is 11.4. The largest absolute Gasteiger partial charge is 0.321 e. The lowest BCUT2D eigenvalue weighted by Crippen LogP contribution is -2.15. The van der Waals surface area contributed by atoms with Gasteiger partial charge in [-0.25, -0.2) is 0 Å². The van der Waals surface area contributed by atoms with Gasteiger partial charge in [0.15, 0.2) is 0 Å². The van der Waals surface area contributed by atoms with Gasteiger partial charge in [0.25, 0.3) is 5.91 Å². The number of anilines is 1. The van der Waals surface area contributed by atoms with E-state index in [1.807, 2.05) is 37.3 Å². The van der Waals surface area contributed by atoms with Gasteiger partial charge in [-0.1, -0.05) is 44.5 Å². The summed E-state index contributed by atoms with van der Waals surface area (Å²) in [5, 5.41) is 3.45. The van der Waals surface area contributed by atoms with Crippen molar-refractivity contribution in [2.75, 3.05) is 5.32 Å². The highest BCUT2D eigenvalue weighted by Crippen LogP contribution is 2.26. The standard InChI is InChI=1S/C20H24ClNO/c1-13-6-9-17(21)18(10-13)22-19(23)15-8-7-14(2)16(11-15)12-20(3,4)5/h6-11H,12H2,1-5H3,(H,22,23). The molecule has 0 saturated heterocycles. The molecule has 0 unspecified atom stereocenters. The van der Waals surface area contributed by atoms with Crippen LogP contribution in [0.3, 0.4) is 0 Å². The average molecular weight is 330 g/mol. The van der Waals surface area contributed by atoms with E-state index < -0.39 is 0 Å². The number of hydrogen-bond donors (Lipinski definition) is 1. The summed E-state index contributed by atoms with van der Waals surface area (Å²) in [7, 11) is 0. The molecular formula is C20H24ClNO. The lowest BCUT2D eigenvalue weighted by molar-refractivity contribution is 0.102. The van der Waals surface area contributed by atoms with E-state index in [-0.39, 0.29) is 11.3 Å². The molecule has 2 aromatic carbocycles. The molecule has 0 heterocycles. The summed E-state index contributed by atoms with van der Waals surface area (Å²) in [6, 6.07) is 11.5. The third-order valence-electron chi connectivity index (χ3n) is 3.70. The number of hydrogen-bond acceptors (Lipinski definition) is 1. The summed E-state index contributed by atoms with van der Waals surface area (Å²) < 4.78 is 0. The molecule has 2 aromatic rings. The summed E-state index contributed by atoms with van der Waals surface area (Å²) in [6.45, 7) is 10.7. The number of benzene rings is 2. The highest BCUT2D eigenvalue weighted by atomic mass is 35.5.